The number of ether oxygens (including phenoxy) is 1. The molecule has 1 aromatic rings. The van der Waals surface area contributed by atoms with E-state index in [1.165, 1.54) is 31.2 Å². The largest absolute Gasteiger partial charge is 0.467 e. The zero-order chi connectivity index (χ0) is 17.9. The van der Waals surface area contributed by atoms with E-state index in [9.17, 15) is 18.0 Å². The summed E-state index contributed by atoms with van der Waals surface area (Å²) < 4.78 is 41.8. The number of carbonyl (C=O) groups excluding carboxylic acids is 1. The Bertz CT molecular complexity index is 597. The van der Waals surface area contributed by atoms with Crippen molar-refractivity contribution in [2.45, 2.75) is 37.9 Å². The van der Waals surface area contributed by atoms with Crippen LogP contribution >= 0.6 is 0 Å². The number of halogens is 3. The molecule has 0 atom stereocenters. The fourth-order valence-electron chi connectivity index (χ4n) is 2.93. The summed E-state index contributed by atoms with van der Waals surface area (Å²) >= 11 is 0. The Morgan fingerprint density at radius 1 is 1.28 bits per heavy atom. The smallest absolute Gasteiger partial charge is 0.422 e. The number of hydrogen-bond acceptors (Lipinski definition) is 4. The van der Waals surface area contributed by atoms with E-state index in [1.807, 2.05) is 0 Å². The van der Waals surface area contributed by atoms with Crippen LogP contribution in [0.4, 0.5) is 13.2 Å². The minimum Gasteiger partial charge on any atom is -0.467 e. The first-order valence-corrected chi connectivity index (χ1v) is 8.59. The zero-order valence-electron chi connectivity index (χ0n) is 13.9. The second-order valence-electron chi connectivity index (χ2n) is 6.68. The first-order chi connectivity index (χ1) is 11.9. The molecule has 1 aliphatic heterocycles. The maximum Gasteiger partial charge on any atom is 0.422 e. The number of carbonyl (C=O) groups is 1. The van der Waals surface area contributed by atoms with E-state index in [0.29, 0.717) is 19.1 Å². The van der Waals surface area contributed by atoms with Crippen molar-refractivity contribution in [2.24, 2.45) is 5.92 Å². The standard InChI is InChI=1S/C17H22F3N3O2/c18-17(19,20)11-25-15-14(2-1-7-21-15)16(24)23-8-5-13(6-9-23)22-10-12-3-4-12/h1-2,7,12-13,22H,3-6,8-11H2. The summed E-state index contributed by atoms with van der Waals surface area (Å²) in [7, 11) is 0. The molecule has 1 N–H and O–H groups in total. The minimum absolute atomic E-state index is 0.0798. The molecule has 1 aliphatic carbocycles. The van der Waals surface area contributed by atoms with Crippen LogP contribution in [0.25, 0.3) is 0 Å². The topological polar surface area (TPSA) is 54.5 Å². The van der Waals surface area contributed by atoms with Gasteiger partial charge in [0.15, 0.2) is 6.61 Å². The second-order valence-corrected chi connectivity index (χ2v) is 6.68. The van der Waals surface area contributed by atoms with E-state index in [2.05, 4.69) is 10.3 Å². The number of likely N-dealkylation sites (tertiary alicyclic amines) is 1. The maximum atomic E-state index is 12.6. The average Bonchev–Trinajstić information content (AvgIpc) is 3.42. The van der Waals surface area contributed by atoms with Gasteiger partial charge in [0, 0.05) is 25.3 Å². The average molecular weight is 357 g/mol. The lowest BCUT2D eigenvalue weighted by molar-refractivity contribution is -0.154. The molecule has 2 fully saturated rings. The molecule has 5 nitrogen and oxygen atoms in total. The summed E-state index contributed by atoms with van der Waals surface area (Å²) in [6.07, 6.45) is 1.13. The molecule has 25 heavy (non-hydrogen) atoms. The number of nitrogens with zero attached hydrogens (tertiary/aromatic N) is 2. The van der Waals surface area contributed by atoms with Crippen LogP contribution < -0.4 is 10.1 Å². The molecule has 0 aromatic carbocycles. The molecule has 0 unspecified atom stereocenters. The highest BCUT2D eigenvalue weighted by molar-refractivity contribution is 5.96. The third kappa shape index (κ3) is 5.32. The molecule has 8 heteroatoms. The van der Waals surface area contributed by atoms with Gasteiger partial charge in [0.2, 0.25) is 5.88 Å². The van der Waals surface area contributed by atoms with E-state index in [-0.39, 0.29) is 17.4 Å². The molecule has 1 aromatic heterocycles. The minimum atomic E-state index is -4.47. The molecule has 1 saturated heterocycles. The first-order valence-electron chi connectivity index (χ1n) is 8.59. The number of pyridine rings is 1. The van der Waals surface area contributed by atoms with Crippen LogP contribution in [-0.2, 0) is 0 Å². The lowest BCUT2D eigenvalue weighted by Crippen LogP contribution is -2.45. The van der Waals surface area contributed by atoms with Crippen LogP contribution in [0.5, 0.6) is 5.88 Å². The fraction of sp³-hybridized carbons (Fsp3) is 0.647. The van der Waals surface area contributed by atoms with E-state index in [0.717, 1.165) is 25.3 Å². The Kier molecular flexibility index (Phi) is 5.46. The summed E-state index contributed by atoms with van der Waals surface area (Å²) in [5, 5.41) is 3.53. The fourth-order valence-corrected chi connectivity index (χ4v) is 2.93. The van der Waals surface area contributed by atoms with Crippen LogP contribution in [0, 0.1) is 5.92 Å². The molecule has 2 aliphatic rings. The third-order valence-corrected chi connectivity index (χ3v) is 4.55. The lowest BCUT2D eigenvalue weighted by Gasteiger charge is -2.32. The van der Waals surface area contributed by atoms with Gasteiger partial charge in [-0.1, -0.05) is 0 Å². The summed E-state index contributed by atoms with van der Waals surface area (Å²) in [5.74, 6) is 0.216. The van der Waals surface area contributed by atoms with Crippen LogP contribution in [0.3, 0.4) is 0 Å². The quantitative estimate of drug-likeness (QED) is 0.850. The van der Waals surface area contributed by atoms with Gasteiger partial charge in [-0.3, -0.25) is 4.79 Å². The molecular formula is C17H22F3N3O2. The molecule has 0 bridgehead atoms. The van der Waals surface area contributed by atoms with Crippen molar-refractivity contribution in [3.05, 3.63) is 23.9 Å². The molecule has 1 saturated carbocycles. The van der Waals surface area contributed by atoms with Crippen molar-refractivity contribution in [2.75, 3.05) is 26.2 Å². The molecule has 1 amide bonds. The van der Waals surface area contributed by atoms with Crippen molar-refractivity contribution in [3.8, 4) is 5.88 Å². The Hall–Kier alpha value is -1.83. The molecular weight excluding hydrogens is 335 g/mol. The van der Waals surface area contributed by atoms with Gasteiger partial charge in [-0.25, -0.2) is 4.98 Å². The second kappa shape index (κ2) is 7.59. The number of rotatable bonds is 6. The van der Waals surface area contributed by atoms with Gasteiger partial charge in [-0.2, -0.15) is 13.2 Å². The van der Waals surface area contributed by atoms with Gasteiger partial charge < -0.3 is 15.0 Å². The van der Waals surface area contributed by atoms with E-state index >= 15 is 0 Å². The number of hydrogen-bond donors (Lipinski definition) is 1. The Morgan fingerprint density at radius 2 is 2.00 bits per heavy atom. The molecule has 0 radical (unpaired) electrons. The van der Waals surface area contributed by atoms with Crippen molar-refractivity contribution in [1.82, 2.24) is 15.2 Å². The number of piperidine rings is 1. The zero-order valence-corrected chi connectivity index (χ0v) is 13.9. The number of nitrogens with one attached hydrogen (secondary N) is 1. The van der Waals surface area contributed by atoms with E-state index < -0.39 is 12.8 Å². The predicted molar refractivity (Wildman–Crippen MR) is 85.4 cm³/mol. The highest BCUT2D eigenvalue weighted by Crippen LogP contribution is 2.28. The van der Waals surface area contributed by atoms with Crippen molar-refractivity contribution >= 4 is 5.91 Å². The number of alkyl halides is 3. The van der Waals surface area contributed by atoms with Gasteiger partial charge in [0.05, 0.1) is 0 Å². The normalized spacial score (nSPS) is 19.1. The van der Waals surface area contributed by atoms with Gasteiger partial charge >= 0.3 is 6.18 Å². The number of aromatic nitrogens is 1. The van der Waals surface area contributed by atoms with Crippen LogP contribution in [0.1, 0.15) is 36.0 Å². The molecule has 138 valence electrons. The summed E-state index contributed by atoms with van der Waals surface area (Å²) in [5.41, 5.74) is 0.0798. The Morgan fingerprint density at radius 3 is 2.64 bits per heavy atom. The van der Waals surface area contributed by atoms with Crippen molar-refractivity contribution in [3.63, 3.8) is 0 Å². The SMILES string of the molecule is O=C(c1cccnc1OCC(F)(F)F)N1CCC(NCC2CC2)CC1. The van der Waals surface area contributed by atoms with Crippen molar-refractivity contribution < 1.29 is 22.7 Å². The van der Waals surface area contributed by atoms with Crippen LogP contribution in [-0.4, -0.2) is 54.3 Å². The Balaban J connectivity index is 1.55. The van der Waals surface area contributed by atoms with Crippen LogP contribution in [0.15, 0.2) is 18.3 Å². The van der Waals surface area contributed by atoms with Gasteiger partial charge in [-0.05, 0) is 50.3 Å². The number of amides is 1. The van der Waals surface area contributed by atoms with E-state index in [4.69, 9.17) is 4.74 Å². The molecule has 0 spiro atoms. The van der Waals surface area contributed by atoms with Gasteiger partial charge in [0.1, 0.15) is 5.56 Å². The summed E-state index contributed by atoms with van der Waals surface area (Å²) in [6, 6.07) is 3.38. The van der Waals surface area contributed by atoms with Gasteiger partial charge in [0.25, 0.3) is 5.91 Å². The third-order valence-electron chi connectivity index (χ3n) is 4.55. The van der Waals surface area contributed by atoms with E-state index in [1.54, 1.807) is 4.90 Å². The first kappa shape index (κ1) is 18.0. The highest BCUT2D eigenvalue weighted by atomic mass is 19.4. The lowest BCUT2D eigenvalue weighted by atomic mass is 10.0. The maximum absolute atomic E-state index is 12.6. The highest BCUT2D eigenvalue weighted by Gasteiger charge is 2.31. The van der Waals surface area contributed by atoms with Crippen LogP contribution in [0.2, 0.25) is 0 Å². The Labute approximate surface area is 144 Å². The molecule has 3 rings (SSSR count). The summed E-state index contributed by atoms with van der Waals surface area (Å²) in [6.45, 7) is 0.734. The molecule has 2 heterocycles. The predicted octanol–water partition coefficient (Wildman–Crippen LogP) is 2.63. The van der Waals surface area contributed by atoms with Crippen molar-refractivity contribution in [1.29, 1.82) is 0 Å². The van der Waals surface area contributed by atoms with Gasteiger partial charge in [-0.15, -0.1) is 0 Å². The monoisotopic (exact) mass is 357 g/mol. The summed E-state index contributed by atoms with van der Waals surface area (Å²) in [4.78, 5) is 18.1.